The number of carbonyl (C=O) groups excluding carboxylic acids is 1. The van der Waals surface area contributed by atoms with E-state index in [1.54, 1.807) is 29.3 Å². The maximum Gasteiger partial charge on any atom is 0.328 e. The van der Waals surface area contributed by atoms with Crippen LogP contribution in [0.4, 0.5) is 0 Å². The highest BCUT2D eigenvalue weighted by atomic mass is 16.1. The summed E-state index contributed by atoms with van der Waals surface area (Å²) in [6.45, 7) is 1.51. The summed E-state index contributed by atoms with van der Waals surface area (Å²) in [7, 11) is 3.49. The highest BCUT2D eigenvalue weighted by Gasteiger charge is 2.06. The first-order valence-corrected chi connectivity index (χ1v) is 5.35. The fourth-order valence-corrected chi connectivity index (χ4v) is 1.84. The number of allylic oxidation sites excluding steroid dienone is 1. The smallest absolute Gasteiger partial charge is 0.295 e. The van der Waals surface area contributed by atoms with Crippen molar-refractivity contribution in [1.29, 1.82) is 0 Å². The molecule has 0 unspecified atom stereocenters. The number of fused-ring (bicyclic) bond motifs is 1. The number of hydrogen-bond acceptors (Lipinski definition) is 2. The van der Waals surface area contributed by atoms with Gasteiger partial charge in [-0.25, -0.2) is 4.79 Å². The Morgan fingerprint density at radius 1 is 1.18 bits per heavy atom. The zero-order valence-electron chi connectivity index (χ0n) is 10.1. The molecule has 0 spiro atoms. The molecule has 2 aromatic rings. The molecule has 0 atom stereocenters. The molecule has 0 radical (unpaired) electrons. The number of carbonyl (C=O) groups is 1. The van der Waals surface area contributed by atoms with E-state index in [0.717, 1.165) is 16.6 Å². The number of nitrogens with zero attached hydrogens (tertiary/aromatic N) is 2. The second kappa shape index (κ2) is 4.05. The molecule has 0 saturated carbocycles. The van der Waals surface area contributed by atoms with E-state index in [1.807, 2.05) is 18.2 Å². The Hall–Kier alpha value is -2.10. The normalized spacial score (nSPS) is 11.5. The van der Waals surface area contributed by atoms with Crippen LogP contribution in [0.15, 0.2) is 29.1 Å². The fraction of sp³-hybridized carbons (Fsp3) is 0.231. The molecule has 17 heavy (non-hydrogen) atoms. The lowest BCUT2D eigenvalue weighted by Crippen LogP contribution is -2.19. The molecule has 0 amide bonds. The molecule has 4 heteroatoms. The van der Waals surface area contributed by atoms with Gasteiger partial charge in [-0.05, 0) is 30.7 Å². The van der Waals surface area contributed by atoms with Crippen LogP contribution in [0.2, 0.25) is 0 Å². The van der Waals surface area contributed by atoms with Gasteiger partial charge in [-0.2, -0.15) is 0 Å². The van der Waals surface area contributed by atoms with Gasteiger partial charge in [-0.15, -0.1) is 0 Å². The van der Waals surface area contributed by atoms with Crippen molar-refractivity contribution in [3.8, 4) is 0 Å². The molecule has 1 heterocycles. The van der Waals surface area contributed by atoms with Crippen LogP contribution in [0.1, 0.15) is 12.5 Å². The molecule has 0 aliphatic heterocycles. The summed E-state index contributed by atoms with van der Waals surface area (Å²) < 4.78 is 3.20. The third kappa shape index (κ3) is 1.93. The van der Waals surface area contributed by atoms with Crippen LogP contribution in [0.5, 0.6) is 0 Å². The van der Waals surface area contributed by atoms with E-state index in [2.05, 4.69) is 0 Å². The number of rotatable bonds is 2. The third-order valence-electron chi connectivity index (χ3n) is 2.81. The summed E-state index contributed by atoms with van der Waals surface area (Å²) in [4.78, 5) is 22.6. The van der Waals surface area contributed by atoms with E-state index in [-0.39, 0.29) is 11.5 Å². The second-order valence-electron chi connectivity index (χ2n) is 4.09. The summed E-state index contributed by atoms with van der Waals surface area (Å²) in [5.41, 5.74) is 2.61. The molecule has 0 aliphatic rings. The third-order valence-corrected chi connectivity index (χ3v) is 2.81. The van der Waals surface area contributed by atoms with Crippen LogP contribution in [0.25, 0.3) is 17.1 Å². The van der Waals surface area contributed by atoms with Crippen LogP contribution < -0.4 is 5.69 Å². The van der Waals surface area contributed by atoms with Gasteiger partial charge >= 0.3 is 5.69 Å². The first-order chi connectivity index (χ1) is 8.00. The predicted molar refractivity (Wildman–Crippen MR) is 67.9 cm³/mol. The molecule has 4 nitrogen and oxygen atoms in total. The summed E-state index contributed by atoms with van der Waals surface area (Å²) in [6.07, 6.45) is 3.27. The minimum atomic E-state index is -0.0484. The molecule has 0 saturated heterocycles. The lowest BCUT2D eigenvalue weighted by Gasteiger charge is -1.97. The maximum absolute atomic E-state index is 11.7. The summed E-state index contributed by atoms with van der Waals surface area (Å²) >= 11 is 0. The van der Waals surface area contributed by atoms with Crippen LogP contribution in [0.3, 0.4) is 0 Å². The molecule has 1 aromatic heterocycles. The Kier molecular flexibility index (Phi) is 2.71. The molecule has 0 N–H and O–H groups in total. The standard InChI is InChI=1S/C13H14N2O2/c1-9(16)4-5-10-6-7-11-12(8-10)15(3)13(17)14(11)2/h4-8H,1-3H3. The van der Waals surface area contributed by atoms with Crippen molar-refractivity contribution in [3.63, 3.8) is 0 Å². The van der Waals surface area contributed by atoms with Gasteiger partial charge in [0.25, 0.3) is 0 Å². The largest absolute Gasteiger partial charge is 0.328 e. The van der Waals surface area contributed by atoms with Crippen molar-refractivity contribution in [3.05, 3.63) is 40.3 Å². The van der Waals surface area contributed by atoms with Gasteiger partial charge in [0, 0.05) is 14.1 Å². The van der Waals surface area contributed by atoms with E-state index in [1.165, 1.54) is 13.0 Å². The number of imidazole rings is 1. The van der Waals surface area contributed by atoms with E-state index in [4.69, 9.17) is 0 Å². The van der Waals surface area contributed by atoms with Crippen molar-refractivity contribution in [2.24, 2.45) is 14.1 Å². The Labute approximate surface area is 98.8 Å². The number of hydrogen-bond donors (Lipinski definition) is 0. The van der Waals surface area contributed by atoms with E-state index in [0.29, 0.717) is 0 Å². The predicted octanol–water partition coefficient (Wildman–Crippen LogP) is 1.48. The molecule has 1 aromatic carbocycles. The van der Waals surface area contributed by atoms with Crippen molar-refractivity contribution in [1.82, 2.24) is 9.13 Å². The quantitative estimate of drug-likeness (QED) is 0.733. The highest BCUT2D eigenvalue weighted by molar-refractivity contribution is 5.92. The summed E-state index contributed by atoms with van der Waals surface area (Å²) in [5, 5.41) is 0. The Balaban J connectivity index is 2.62. The molecular weight excluding hydrogens is 216 g/mol. The summed E-state index contributed by atoms with van der Waals surface area (Å²) in [5.74, 6) is 0.00653. The van der Waals surface area contributed by atoms with E-state index in [9.17, 15) is 9.59 Å². The SMILES string of the molecule is CC(=O)C=Cc1ccc2c(c1)n(C)c(=O)n2C. The van der Waals surface area contributed by atoms with Gasteiger partial charge in [0.05, 0.1) is 11.0 Å². The zero-order valence-corrected chi connectivity index (χ0v) is 10.1. The first kappa shape index (κ1) is 11.4. The number of benzene rings is 1. The summed E-state index contributed by atoms with van der Waals surface area (Å²) in [6, 6.07) is 5.67. The number of aryl methyl sites for hydroxylation is 2. The number of ketones is 1. The van der Waals surface area contributed by atoms with Crippen LogP contribution in [-0.2, 0) is 18.9 Å². The Morgan fingerprint density at radius 3 is 2.47 bits per heavy atom. The lowest BCUT2D eigenvalue weighted by molar-refractivity contribution is -0.112. The minimum absolute atomic E-state index is 0.00653. The average Bonchev–Trinajstić information content (AvgIpc) is 2.52. The maximum atomic E-state index is 11.7. The average molecular weight is 230 g/mol. The van der Waals surface area contributed by atoms with E-state index >= 15 is 0 Å². The molecular formula is C13H14N2O2. The van der Waals surface area contributed by atoms with Gasteiger partial charge in [0.15, 0.2) is 5.78 Å². The topological polar surface area (TPSA) is 44.0 Å². The molecule has 2 rings (SSSR count). The van der Waals surface area contributed by atoms with Crippen molar-refractivity contribution in [2.75, 3.05) is 0 Å². The highest BCUT2D eigenvalue weighted by Crippen LogP contribution is 2.14. The Morgan fingerprint density at radius 2 is 1.82 bits per heavy atom. The van der Waals surface area contributed by atoms with Crippen LogP contribution >= 0.6 is 0 Å². The molecule has 88 valence electrons. The molecule has 0 fully saturated rings. The van der Waals surface area contributed by atoms with Crippen molar-refractivity contribution >= 4 is 22.9 Å². The van der Waals surface area contributed by atoms with Crippen LogP contribution in [0, 0.1) is 0 Å². The van der Waals surface area contributed by atoms with Gasteiger partial charge in [0.1, 0.15) is 0 Å². The van der Waals surface area contributed by atoms with Gasteiger partial charge < -0.3 is 0 Å². The van der Waals surface area contributed by atoms with E-state index < -0.39 is 0 Å². The van der Waals surface area contributed by atoms with Gasteiger partial charge in [-0.1, -0.05) is 12.1 Å². The molecule has 0 bridgehead atoms. The van der Waals surface area contributed by atoms with Crippen molar-refractivity contribution in [2.45, 2.75) is 6.92 Å². The first-order valence-electron chi connectivity index (χ1n) is 5.35. The van der Waals surface area contributed by atoms with Gasteiger partial charge in [0.2, 0.25) is 0 Å². The Bertz CT molecular complexity index is 675. The van der Waals surface area contributed by atoms with Crippen molar-refractivity contribution < 1.29 is 4.79 Å². The minimum Gasteiger partial charge on any atom is -0.295 e. The fourth-order valence-electron chi connectivity index (χ4n) is 1.84. The second-order valence-corrected chi connectivity index (χ2v) is 4.09. The zero-order chi connectivity index (χ0) is 12.6. The van der Waals surface area contributed by atoms with Crippen LogP contribution in [-0.4, -0.2) is 14.9 Å². The lowest BCUT2D eigenvalue weighted by atomic mass is 10.1. The number of aromatic nitrogens is 2. The molecule has 0 aliphatic carbocycles. The monoisotopic (exact) mass is 230 g/mol. The van der Waals surface area contributed by atoms with Gasteiger partial charge in [-0.3, -0.25) is 13.9 Å².